The summed E-state index contributed by atoms with van der Waals surface area (Å²) in [4.78, 5) is 10.6. The van der Waals surface area contributed by atoms with E-state index in [9.17, 15) is 5.11 Å². The Morgan fingerprint density at radius 1 is 1.56 bits per heavy atom. The number of aliphatic hydroxyl groups excluding tert-OH is 1. The Morgan fingerprint density at radius 3 is 2.89 bits per heavy atom. The summed E-state index contributed by atoms with van der Waals surface area (Å²) in [6, 6.07) is 1.73. The molecule has 1 aliphatic rings. The third-order valence-corrected chi connectivity index (χ3v) is 2.93. The van der Waals surface area contributed by atoms with Crippen molar-refractivity contribution in [3.63, 3.8) is 0 Å². The van der Waals surface area contributed by atoms with Crippen molar-refractivity contribution in [3.8, 4) is 0 Å². The van der Waals surface area contributed by atoms with Crippen LogP contribution >= 0.6 is 0 Å². The summed E-state index contributed by atoms with van der Waals surface area (Å²) in [6.07, 6.45) is 1.73. The van der Waals surface area contributed by atoms with E-state index >= 15 is 0 Å². The number of likely N-dealkylation sites (N-methyl/N-ethyl adjacent to an activating group) is 1. The fraction of sp³-hybridized carbons (Fsp3) is 0.667. The van der Waals surface area contributed by atoms with Gasteiger partial charge in [0.25, 0.3) is 0 Å². The lowest BCUT2D eigenvalue weighted by Gasteiger charge is -2.22. The van der Waals surface area contributed by atoms with Crippen LogP contribution in [0, 0.1) is 0 Å². The van der Waals surface area contributed by atoms with Crippen molar-refractivity contribution in [1.82, 2.24) is 9.97 Å². The number of nitrogen functional groups attached to an aromatic ring is 1. The maximum absolute atomic E-state index is 9.70. The summed E-state index contributed by atoms with van der Waals surface area (Å²) in [7, 11) is 3.44. The lowest BCUT2D eigenvalue weighted by molar-refractivity contribution is 0.0694. The Morgan fingerprint density at radius 2 is 2.28 bits per heavy atom. The van der Waals surface area contributed by atoms with Gasteiger partial charge in [0.2, 0.25) is 0 Å². The first-order chi connectivity index (χ1) is 8.60. The number of hydrogen-bond acceptors (Lipinski definition) is 6. The number of aromatic nitrogens is 2. The molecule has 1 fully saturated rings. The molecule has 0 aliphatic heterocycles. The highest BCUT2D eigenvalue weighted by Crippen LogP contribution is 2.38. The van der Waals surface area contributed by atoms with Crippen LogP contribution < -0.4 is 10.6 Å². The molecule has 6 heteroatoms. The summed E-state index contributed by atoms with van der Waals surface area (Å²) in [5.74, 6) is 2.51. The first-order valence-corrected chi connectivity index (χ1v) is 6.12. The highest BCUT2D eigenvalue weighted by Gasteiger charge is 2.27. The number of hydrogen-bond donors (Lipinski definition) is 2. The molecule has 0 bridgehead atoms. The van der Waals surface area contributed by atoms with E-state index in [2.05, 4.69) is 9.97 Å². The molecule has 0 amide bonds. The molecule has 2 rings (SSSR count). The van der Waals surface area contributed by atoms with Gasteiger partial charge < -0.3 is 20.5 Å². The van der Waals surface area contributed by atoms with Gasteiger partial charge in [-0.2, -0.15) is 0 Å². The molecule has 3 N–H and O–H groups in total. The SMILES string of the molecule is COCC(O)CN(C)c1cc(N)nc(C2CC2)n1. The Kier molecular flexibility index (Phi) is 3.98. The lowest BCUT2D eigenvalue weighted by atomic mass is 10.3. The molecule has 0 aromatic carbocycles. The number of anilines is 2. The highest BCUT2D eigenvalue weighted by molar-refractivity contribution is 5.47. The van der Waals surface area contributed by atoms with Crippen LogP contribution in [0.3, 0.4) is 0 Å². The molecule has 1 saturated carbocycles. The molecule has 0 radical (unpaired) electrons. The van der Waals surface area contributed by atoms with E-state index in [1.807, 2.05) is 11.9 Å². The monoisotopic (exact) mass is 252 g/mol. The lowest BCUT2D eigenvalue weighted by Crippen LogP contribution is -2.32. The normalized spacial score (nSPS) is 16.6. The van der Waals surface area contributed by atoms with Crippen LogP contribution in [0.15, 0.2) is 6.07 Å². The Bertz CT molecular complexity index is 409. The minimum Gasteiger partial charge on any atom is -0.389 e. The number of methoxy groups -OCH3 is 1. The third-order valence-electron chi connectivity index (χ3n) is 2.93. The van der Waals surface area contributed by atoms with Crippen LogP contribution in [0.1, 0.15) is 24.6 Å². The maximum Gasteiger partial charge on any atom is 0.136 e. The van der Waals surface area contributed by atoms with Gasteiger partial charge >= 0.3 is 0 Å². The van der Waals surface area contributed by atoms with Gasteiger partial charge in [-0.05, 0) is 12.8 Å². The number of ether oxygens (including phenoxy) is 1. The quantitative estimate of drug-likeness (QED) is 0.761. The van der Waals surface area contributed by atoms with Crippen molar-refractivity contribution in [3.05, 3.63) is 11.9 Å². The largest absolute Gasteiger partial charge is 0.389 e. The predicted octanol–water partition coefficient (Wildman–Crippen LogP) is 0.380. The topological polar surface area (TPSA) is 84.5 Å². The molecule has 18 heavy (non-hydrogen) atoms. The first kappa shape index (κ1) is 13.0. The van der Waals surface area contributed by atoms with Crippen LogP contribution in [-0.2, 0) is 4.74 Å². The molecular formula is C12H20N4O2. The van der Waals surface area contributed by atoms with Crippen molar-refractivity contribution in [2.75, 3.05) is 37.9 Å². The molecule has 100 valence electrons. The average molecular weight is 252 g/mol. The second-order valence-corrected chi connectivity index (χ2v) is 4.77. The van der Waals surface area contributed by atoms with Crippen LogP contribution in [-0.4, -0.2) is 48.5 Å². The third kappa shape index (κ3) is 3.30. The van der Waals surface area contributed by atoms with Gasteiger partial charge in [-0.3, -0.25) is 0 Å². The fourth-order valence-electron chi connectivity index (χ4n) is 1.85. The van der Waals surface area contributed by atoms with Crippen molar-refractivity contribution in [1.29, 1.82) is 0 Å². The maximum atomic E-state index is 9.70. The summed E-state index contributed by atoms with van der Waals surface area (Å²) in [5.41, 5.74) is 5.79. The summed E-state index contributed by atoms with van der Waals surface area (Å²) in [6.45, 7) is 0.759. The fourth-order valence-corrected chi connectivity index (χ4v) is 1.85. The van der Waals surface area contributed by atoms with Gasteiger partial charge in [-0.25, -0.2) is 9.97 Å². The van der Waals surface area contributed by atoms with Gasteiger partial charge in [-0.1, -0.05) is 0 Å². The average Bonchev–Trinajstić information content (AvgIpc) is 3.12. The van der Waals surface area contributed by atoms with Gasteiger partial charge in [0, 0.05) is 32.7 Å². The van der Waals surface area contributed by atoms with Gasteiger partial charge in [0.1, 0.15) is 17.5 Å². The molecule has 1 unspecified atom stereocenters. The zero-order valence-electron chi connectivity index (χ0n) is 10.8. The van der Waals surface area contributed by atoms with E-state index in [-0.39, 0.29) is 0 Å². The van der Waals surface area contributed by atoms with Gasteiger partial charge in [0.15, 0.2) is 0 Å². The molecule has 1 atom stereocenters. The van der Waals surface area contributed by atoms with E-state index in [1.54, 1.807) is 13.2 Å². The number of aliphatic hydroxyl groups is 1. The minimum atomic E-state index is -0.541. The standard InChI is InChI=1S/C12H20N4O2/c1-16(6-9(17)7-18-2)11-5-10(13)14-12(15-11)8-3-4-8/h5,8-9,17H,3-4,6-7H2,1-2H3,(H2,13,14,15). The van der Waals surface area contributed by atoms with Crippen molar-refractivity contribution < 1.29 is 9.84 Å². The van der Waals surface area contributed by atoms with E-state index in [0.29, 0.717) is 24.9 Å². The van der Waals surface area contributed by atoms with Gasteiger partial charge in [-0.15, -0.1) is 0 Å². The smallest absolute Gasteiger partial charge is 0.136 e. The zero-order chi connectivity index (χ0) is 13.1. The highest BCUT2D eigenvalue weighted by atomic mass is 16.5. The van der Waals surface area contributed by atoms with Crippen molar-refractivity contribution in [2.45, 2.75) is 24.9 Å². The predicted molar refractivity (Wildman–Crippen MR) is 69.6 cm³/mol. The van der Waals surface area contributed by atoms with Crippen LogP contribution in [0.25, 0.3) is 0 Å². The molecule has 1 aromatic heterocycles. The number of nitrogens with zero attached hydrogens (tertiary/aromatic N) is 3. The summed E-state index contributed by atoms with van der Waals surface area (Å²) in [5, 5.41) is 9.70. The second kappa shape index (κ2) is 5.49. The Labute approximate surface area is 107 Å². The van der Waals surface area contributed by atoms with Crippen LogP contribution in [0.4, 0.5) is 11.6 Å². The van der Waals surface area contributed by atoms with E-state index in [1.165, 1.54) is 0 Å². The van der Waals surface area contributed by atoms with Crippen molar-refractivity contribution in [2.24, 2.45) is 0 Å². The van der Waals surface area contributed by atoms with Gasteiger partial charge in [0.05, 0.1) is 12.7 Å². The molecular weight excluding hydrogens is 232 g/mol. The first-order valence-electron chi connectivity index (χ1n) is 6.12. The minimum absolute atomic E-state index is 0.306. The zero-order valence-corrected chi connectivity index (χ0v) is 10.8. The molecule has 1 aromatic rings. The van der Waals surface area contributed by atoms with E-state index in [0.717, 1.165) is 24.5 Å². The molecule has 6 nitrogen and oxygen atoms in total. The van der Waals surface area contributed by atoms with E-state index in [4.69, 9.17) is 10.5 Å². The summed E-state index contributed by atoms with van der Waals surface area (Å²) >= 11 is 0. The van der Waals surface area contributed by atoms with Crippen LogP contribution in [0.2, 0.25) is 0 Å². The van der Waals surface area contributed by atoms with Crippen LogP contribution in [0.5, 0.6) is 0 Å². The summed E-state index contributed by atoms with van der Waals surface area (Å²) < 4.78 is 4.90. The number of rotatable bonds is 6. The van der Waals surface area contributed by atoms with Crippen molar-refractivity contribution >= 4 is 11.6 Å². The number of nitrogens with two attached hydrogens (primary N) is 1. The molecule has 0 spiro atoms. The molecule has 1 aliphatic carbocycles. The second-order valence-electron chi connectivity index (χ2n) is 4.77. The molecule has 1 heterocycles. The molecule has 0 saturated heterocycles. The Hall–Kier alpha value is -1.40. The van der Waals surface area contributed by atoms with E-state index < -0.39 is 6.10 Å². The Balaban J connectivity index is 2.06.